The van der Waals surface area contributed by atoms with Gasteiger partial charge in [0.1, 0.15) is 11.5 Å². The summed E-state index contributed by atoms with van der Waals surface area (Å²) < 4.78 is 0. The summed E-state index contributed by atoms with van der Waals surface area (Å²) in [6, 6.07) is 29.4. The molecule has 2 nitrogen and oxygen atoms in total. The number of phenols is 2. The molecule has 0 heterocycles. The highest BCUT2D eigenvalue weighted by Gasteiger charge is 2.47. The fraction of sp³-hybridized carbons (Fsp3) is 0.273. The van der Waals surface area contributed by atoms with E-state index >= 15 is 0 Å². The zero-order chi connectivity index (χ0) is 24.4. The third kappa shape index (κ3) is 3.82. The fourth-order valence-electron chi connectivity index (χ4n) is 6.00. The number of fused-ring (bicyclic) bond motifs is 3. The number of hydrogen-bond acceptors (Lipinski definition) is 2. The highest BCUT2D eigenvalue weighted by molar-refractivity contribution is 5.87. The first-order chi connectivity index (χ1) is 17.1. The van der Waals surface area contributed by atoms with Gasteiger partial charge in [0.25, 0.3) is 0 Å². The molecule has 4 aromatic rings. The van der Waals surface area contributed by atoms with Gasteiger partial charge >= 0.3 is 0 Å². The van der Waals surface area contributed by atoms with Gasteiger partial charge in [-0.3, -0.25) is 0 Å². The second-order valence-corrected chi connectivity index (χ2v) is 9.73. The lowest BCUT2D eigenvalue weighted by atomic mass is 9.64. The molecule has 0 fully saturated rings. The van der Waals surface area contributed by atoms with E-state index in [1.54, 1.807) is 0 Å². The fourth-order valence-corrected chi connectivity index (χ4v) is 6.00. The van der Waals surface area contributed by atoms with Gasteiger partial charge in [0, 0.05) is 0 Å². The van der Waals surface area contributed by atoms with E-state index in [-0.39, 0.29) is 0 Å². The van der Waals surface area contributed by atoms with E-state index in [9.17, 15) is 10.2 Å². The summed E-state index contributed by atoms with van der Waals surface area (Å²) in [5.74, 6) is 0.623. The van der Waals surface area contributed by atoms with Crippen LogP contribution in [0.4, 0.5) is 0 Å². The molecule has 35 heavy (non-hydrogen) atoms. The van der Waals surface area contributed by atoms with Crippen molar-refractivity contribution in [3.63, 3.8) is 0 Å². The topological polar surface area (TPSA) is 40.5 Å². The predicted octanol–water partition coefficient (Wildman–Crippen LogP) is 8.15. The van der Waals surface area contributed by atoms with E-state index in [2.05, 4.69) is 74.5 Å². The average Bonchev–Trinajstić information content (AvgIpc) is 3.17. The first-order valence-corrected chi connectivity index (χ1v) is 12.9. The van der Waals surface area contributed by atoms with Crippen LogP contribution in [0.15, 0.2) is 84.9 Å². The van der Waals surface area contributed by atoms with Crippen LogP contribution in [0.2, 0.25) is 0 Å². The third-order valence-electron chi connectivity index (χ3n) is 7.54. The largest absolute Gasteiger partial charge is 0.508 e. The van der Waals surface area contributed by atoms with E-state index in [1.165, 1.54) is 44.5 Å². The number of rotatable bonds is 8. The molecule has 0 unspecified atom stereocenters. The van der Waals surface area contributed by atoms with Gasteiger partial charge in [0.2, 0.25) is 0 Å². The van der Waals surface area contributed by atoms with Crippen molar-refractivity contribution in [1.82, 2.24) is 0 Å². The molecular weight excluding hydrogens is 428 g/mol. The maximum atomic E-state index is 10.5. The summed E-state index contributed by atoms with van der Waals surface area (Å²) in [6.45, 7) is 4.42. The second kappa shape index (κ2) is 9.62. The van der Waals surface area contributed by atoms with Crippen LogP contribution in [0.5, 0.6) is 11.5 Å². The second-order valence-electron chi connectivity index (χ2n) is 9.73. The molecule has 0 aliphatic heterocycles. The van der Waals surface area contributed by atoms with Crippen molar-refractivity contribution in [3.05, 3.63) is 118 Å². The summed E-state index contributed by atoms with van der Waals surface area (Å²) in [6.07, 6.45) is 6.14. The Labute approximate surface area is 208 Å². The number of aromatic hydroxyl groups is 2. The highest BCUT2D eigenvalue weighted by atomic mass is 16.3. The van der Waals surface area contributed by atoms with Gasteiger partial charge in [-0.25, -0.2) is 0 Å². The lowest BCUT2D eigenvalue weighted by Crippen LogP contribution is -2.31. The van der Waals surface area contributed by atoms with Crippen molar-refractivity contribution in [1.29, 1.82) is 0 Å². The molecule has 4 aromatic carbocycles. The molecule has 0 saturated heterocycles. The molecule has 0 atom stereocenters. The van der Waals surface area contributed by atoms with Crippen molar-refractivity contribution in [2.75, 3.05) is 0 Å². The number of phenolic OH excluding ortho intramolecular Hbond substituents is 2. The lowest BCUT2D eigenvalue weighted by Gasteiger charge is -2.37. The molecule has 0 radical (unpaired) electrons. The van der Waals surface area contributed by atoms with Crippen molar-refractivity contribution in [2.45, 2.75) is 57.8 Å². The number of unbranched alkanes of at least 4 members (excludes halogenated alkanes) is 2. The SMILES string of the molecule is CCCCc1cc(O)ccc1C1(c2ccc(O)cc2CCCC)c2ccccc2-c2ccccc21. The van der Waals surface area contributed by atoms with E-state index in [4.69, 9.17) is 0 Å². The Hall–Kier alpha value is -3.52. The van der Waals surface area contributed by atoms with Crippen LogP contribution in [0.3, 0.4) is 0 Å². The minimum atomic E-state index is -0.513. The minimum absolute atomic E-state index is 0.312. The summed E-state index contributed by atoms with van der Waals surface area (Å²) in [5, 5.41) is 21.0. The lowest BCUT2D eigenvalue weighted by molar-refractivity contribution is 0.473. The molecule has 0 bridgehead atoms. The van der Waals surface area contributed by atoms with Crippen LogP contribution in [0.1, 0.15) is 72.9 Å². The van der Waals surface area contributed by atoms with Gasteiger partial charge in [-0.2, -0.15) is 0 Å². The van der Waals surface area contributed by atoms with E-state index in [0.717, 1.165) is 38.5 Å². The first kappa shape index (κ1) is 23.2. The molecule has 2 heteroatoms. The molecule has 0 amide bonds. The molecular formula is C33H34O2. The highest BCUT2D eigenvalue weighted by Crippen LogP contribution is 2.57. The molecule has 1 aliphatic carbocycles. The zero-order valence-electron chi connectivity index (χ0n) is 20.7. The van der Waals surface area contributed by atoms with Gasteiger partial charge in [-0.15, -0.1) is 0 Å². The van der Waals surface area contributed by atoms with Crippen molar-refractivity contribution in [2.24, 2.45) is 0 Å². The zero-order valence-corrected chi connectivity index (χ0v) is 20.7. The predicted molar refractivity (Wildman–Crippen MR) is 144 cm³/mol. The third-order valence-corrected chi connectivity index (χ3v) is 7.54. The van der Waals surface area contributed by atoms with Crippen LogP contribution in [0.25, 0.3) is 11.1 Å². The molecule has 0 saturated carbocycles. The van der Waals surface area contributed by atoms with Gasteiger partial charge in [-0.05, 0) is 94.5 Å². The van der Waals surface area contributed by atoms with E-state index < -0.39 is 5.41 Å². The standard InChI is InChI=1S/C33H34O2/c1-3-5-11-23-21-25(34)17-19-29(23)33(30-20-18-26(35)22-24(30)12-6-4-2)31-15-9-7-13-27(31)28-14-8-10-16-32(28)33/h7-10,13-22,34-35H,3-6,11-12H2,1-2H3. The van der Waals surface area contributed by atoms with Gasteiger partial charge in [0.15, 0.2) is 0 Å². The van der Waals surface area contributed by atoms with Crippen LogP contribution in [0, 0.1) is 0 Å². The van der Waals surface area contributed by atoms with Gasteiger partial charge in [0.05, 0.1) is 5.41 Å². The van der Waals surface area contributed by atoms with E-state index in [1.807, 2.05) is 24.3 Å². The Morgan fingerprint density at radius 2 is 0.971 bits per heavy atom. The van der Waals surface area contributed by atoms with Crippen LogP contribution >= 0.6 is 0 Å². The monoisotopic (exact) mass is 462 g/mol. The Morgan fingerprint density at radius 3 is 1.40 bits per heavy atom. The number of aryl methyl sites for hydroxylation is 2. The molecule has 0 aromatic heterocycles. The number of hydrogen-bond donors (Lipinski definition) is 2. The molecule has 1 aliphatic rings. The Kier molecular flexibility index (Phi) is 6.38. The first-order valence-electron chi connectivity index (χ1n) is 12.9. The van der Waals surface area contributed by atoms with Crippen molar-refractivity contribution in [3.8, 4) is 22.6 Å². The van der Waals surface area contributed by atoms with E-state index in [0.29, 0.717) is 11.5 Å². The maximum absolute atomic E-state index is 10.5. The summed E-state index contributed by atoms with van der Waals surface area (Å²) in [4.78, 5) is 0. The van der Waals surface area contributed by atoms with Gasteiger partial charge < -0.3 is 10.2 Å². The molecule has 0 spiro atoms. The van der Waals surface area contributed by atoms with Crippen LogP contribution in [-0.4, -0.2) is 10.2 Å². The quantitative estimate of drug-likeness (QED) is 0.244. The smallest absolute Gasteiger partial charge is 0.115 e. The van der Waals surface area contributed by atoms with Gasteiger partial charge in [-0.1, -0.05) is 87.4 Å². The Morgan fingerprint density at radius 1 is 0.543 bits per heavy atom. The normalized spacial score (nSPS) is 13.4. The van der Waals surface area contributed by atoms with Crippen molar-refractivity contribution >= 4 is 0 Å². The maximum Gasteiger partial charge on any atom is 0.115 e. The molecule has 5 rings (SSSR count). The minimum Gasteiger partial charge on any atom is -0.508 e. The van der Waals surface area contributed by atoms with Crippen LogP contribution < -0.4 is 0 Å². The van der Waals surface area contributed by atoms with Crippen molar-refractivity contribution < 1.29 is 10.2 Å². The average molecular weight is 463 g/mol. The summed E-state index contributed by atoms with van der Waals surface area (Å²) in [5.41, 5.74) is 9.37. The molecule has 2 N–H and O–H groups in total. The Bertz CT molecular complexity index is 1250. The number of benzene rings is 4. The summed E-state index contributed by atoms with van der Waals surface area (Å²) in [7, 11) is 0. The molecule has 178 valence electrons. The Balaban J connectivity index is 1.92. The van der Waals surface area contributed by atoms with Crippen LogP contribution in [-0.2, 0) is 18.3 Å². The summed E-state index contributed by atoms with van der Waals surface area (Å²) >= 11 is 0.